The number of rotatable bonds is 4. The zero-order valence-electron chi connectivity index (χ0n) is 9.88. The van der Waals surface area contributed by atoms with Crippen molar-refractivity contribution in [2.45, 2.75) is 6.61 Å². The predicted octanol–water partition coefficient (Wildman–Crippen LogP) is 2.90. The number of nitrogens with two attached hydrogens (primary N) is 1. The van der Waals surface area contributed by atoms with Gasteiger partial charge in [0.25, 0.3) is 5.69 Å². The van der Waals surface area contributed by atoms with Crippen molar-refractivity contribution in [3.63, 3.8) is 0 Å². The molecule has 0 atom stereocenters. The molecule has 6 heteroatoms. The van der Waals surface area contributed by atoms with Gasteiger partial charge >= 0.3 is 0 Å². The monoisotopic (exact) mass is 262 g/mol. The molecule has 0 aliphatic heterocycles. The van der Waals surface area contributed by atoms with E-state index in [2.05, 4.69) is 0 Å². The topological polar surface area (TPSA) is 78.4 Å². The zero-order valence-corrected chi connectivity index (χ0v) is 9.88. The summed E-state index contributed by atoms with van der Waals surface area (Å²) in [5.41, 5.74) is 5.92. The molecule has 2 N–H and O–H groups in total. The maximum Gasteiger partial charge on any atom is 0.292 e. The van der Waals surface area contributed by atoms with Gasteiger partial charge in [-0.05, 0) is 23.8 Å². The van der Waals surface area contributed by atoms with Crippen molar-refractivity contribution in [2.24, 2.45) is 0 Å². The Morgan fingerprint density at radius 2 is 2.00 bits per heavy atom. The number of ether oxygens (including phenoxy) is 1. The maximum absolute atomic E-state index is 13.3. The van der Waals surface area contributed by atoms with Gasteiger partial charge in [0.15, 0.2) is 11.6 Å². The summed E-state index contributed by atoms with van der Waals surface area (Å²) >= 11 is 0. The molecule has 0 aliphatic carbocycles. The molecule has 0 spiro atoms. The summed E-state index contributed by atoms with van der Waals surface area (Å²) in [4.78, 5) is 10.2. The Morgan fingerprint density at radius 1 is 1.26 bits per heavy atom. The minimum absolute atomic E-state index is 0.0298. The van der Waals surface area contributed by atoms with Crippen LogP contribution in [-0.4, -0.2) is 4.92 Å². The van der Waals surface area contributed by atoms with E-state index in [1.54, 1.807) is 18.2 Å². The smallest absolute Gasteiger partial charge is 0.292 e. The fourth-order valence-electron chi connectivity index (χ4n) is 1.56. The molecular formula is C13H11FN2O3. The first-order valence-electron chi connectivity index (χ1n) is 5.48. The Hall–Kier alpha value is -2.63. The van der Waals surface area contributed by atoms with Gasteiger partial charge in [0.05, 0.1) is 4.92 Å². The molecule has 0 saturated carbocycles. The third-order valence-electron chi connectivity index (χ3n) is 2.52. The molecule has 98 valence electrons. The van der Waals surface area contributed by atoms with Crippen LogP contribution >= 0.6 is 0 Å². The number of nitro groups is 1. The molecule has 0 bridgehead atoms. The van der Waals surface area contributed by atoms with Crippen molar-refractivity contribution in [3.8, 4) is 5.75 Å². The van der Waals surface area contributed by atoms with Crippen LogP contribution in [0.25, 0.3) is 0 Å². The van der Waals surface area contributed by atoms with Crippen LogP contribution in [0.2, 0.25) is 0 Å². The van der Waals surface area contributed by atoms with E-state index in [1.807, 2.05) is 0 Å². The average molecular weight is 262 g/mol. The molecule has 0 amide bonds. The lowest BCUT2D eigenvalue weighted by Crippen LogP contribution is -2.00. The average Bonchev–Trinajstić information content (AvgIpc) is 2.39. The van der Waals surface area contributed by atoms with Crippen molar-refractivity contribution < 1.29 is 14.1 Å². The standard InChI is InChI=1S/C13H11FN2O3/c14-10-3-1-2-4-13(10)19-8-9-5-6-11(15)12(7-9)16(17)18/h1-7H,8,15H2. The molecule has 2 aromatic carbocycles. The molecule has 19 heavy (non-hydrogen) atoms. The molecule has 2 aromatic rings. The third-order valence-corrected chi connectivity index (χ3v) is 2.52. The Balaban J connectivity index is 2.14. The Bertz CT molecular complexity index is 617. The van der Waals surface area contributed by atoms with Gasteiger partial charge in [-0.25, -0.2) is 4.39 Å². The Morgan fingerprint density at radius 3 is 2.68 bits per heavy atom. The number of hydrogen-bond acceptors (Lipinski definition) is 4. The second-order valence-electron chi connectivity index (χ2n) is 3.87. The number of anilines is 1. The van der Waals surface area contributed by atoms with E-state index in [9.17, 15) is 14.5 Å². The van der Waals surface area contributed by atoms with Crippen LogP contribution < -0.4 is 10.5 Å². The summed E-state index contributed by atoms with van der Waals surface area (Å²) in [6.45, 7) is 0.0298. The van der Waals surface area contributed by atoms with Crippen molar-refractivity contribution in [2.75, 3.05) is 5.73 Å². The summed E-state index contributed by atoms with van der Waals surface area (Å²) in [6.07, 6.45) is 0. The van der Waals surface area contributed by atoms with Gasteiger partial charge < -0.3 is 10.5 Å². The molecule has 0 aromatic heterocycles. The summed E-state index contributed by atoms with van der Waals surface area (Å²) in [7, 11) is 0. The Kier molecular flexibility index (Phi) is 3.61. The highest BCUT2D eigenvalue weighted by atomic mass is 19.1. The molecule has 0 heterocycles. The van der Waals surface area contributed by atoms with E-state index in [0.29, 0.717) is 5.56 Å². The number of hydrogen-bond donors (Lipinski definition) is 1. The molecular weight excluding hydrogens is 251 g/mol. The largest absolute Gasteiger partial charge is 0.486 e. The molecule has 0 unspecified atom stereocenters. The lowest BCUT2D eigenvalue weighted by atomic mass is 10.2. The van der Waals surface area contributed by atoms with Crippen LogP contribution in [0.3, 0.4) is 0 Å². The van der Waals surface area contributed by atoms with Crippen LogP contribution in [-0.2, 0) is 6.61 Å². The number of nitrogens with zero attached hydrogens (tertiary/aromatic N) is 1. The molecule has 0 fully saturated rings. The number of halogens is 1. The number of nitro benzene ring substituents is 1. The van der Waals surface area contributed by atoms with Crippen LogP contribution in [0, 0.1) is 15.9 Å². The van der Waals surface area contributed by atoms with Gasteiger partial charge in [-0.2, -0.15) is 0 Å². The predicted molar refractivity (Wildman–Crippen MR) is 68.2 cm³/mol. The molecule has 0 radical (unpaired) electrons. The quantitative estimate of drug-likeness (QED) is 0.522. The molecule has 2 rings (SSSR count). The third kappa shape index (κ3) is 2.98. The van der Waals surface area contributed by atoms with Crippen molar-refractivity contribution in [3.05, 3.63) is 64.0 Å². The highest BCUT2D eigenvalue weighted by Crippen LogP contribution is 2.23. The van der Waals surface area contributed by atoms with Crippen molar-refractivity contribution >= 4 is 11.4 Å². The first-order valence-corrected chi connectivity index (χ1v) is 5.48. The SMILES string of the molecule is Nc1ccc(COc2ccccc2F)cc1[N+](=O)[O-]. The number of nitrogen functional groups attached to an aromatic ring is 1. The fourth-order valence-corrected chi connectivity index (χ4v) is 1.56. The summed E-state index contributed by atoms with van der Waals surface area (Å²) in [6, 6.07) is 10.3. The van der Waals surface area contributed by atoms with E-state index >= 15 is 0 Å². The Labute approximate surface area is 108 Å². The summed E-state index contributed by atoms with van der Waals surface area (Å²) < 4.78 is 18.6. The van der Waals surface area contributed by atoms with Crippen molar-refractivity contribution in [1.82, 2.24) is 0 Å². The molecule has 0 saturated heterocycles. The van der Waals surface area contributed by atoms with E-state index in [0.717, 1.165) is 0 Å². The van der Waals surface area contributed by atoms with Crippen LogP contribution in [0.4, 0.5) is 15.8 Å². The van der Waals surface area contributed by atoms with Crippen LogP contribution in [0.5, 0.6) is 5.75 Å². The minimum Gasteiger partial charge on any atom is -0.486 e. The van der Waals surface area contributed by atoms with E-state index < -0.39 is 10.7 Å². The maximum atomic E-state index is 13.3. The summed E-state index contributed by atoms with van der Waals surface area (Å²) in [5, 5.41) is 10.7. The van der Waals surface area contributed by atoms with Crippen LogP contribution in [0.1, 0.15) is 5.56 Å². The van der Waals surface area contributed by atoms with E-state index in [4.69, 9.17) is 10.5 Å². The van der Waals surface area contributed by atoms with Gasteiger partial charge in [0, 0.05) is 6.07 Å². The zero-order chi connectivity index (χ0) is 13.8. The fraction of sp³-hybridized carbons (Fsp3) is 0.0769. The van der Waals surface area contributed by atoms with E-state index in [-0.39, 0.29) is 23.7 Å². The van der Waals surface area contributed by atoms with E-state index in [1.165, 1.54) is 24.3 Å². The molecule has 0 aliphatic rings. The number of benzene rings is 2. The second-order valence-corrected chi connectivity index (χ2v) is 3.87. The van der Waals surface area contributed by atoms with Gasteiger partial charge in [-0.3, -0.25) is 10.1 Å². The van der Waals surface area contributed by atoms with Crippen LogP contribution in [0.15, 0.2) is 42.5 Å². The lowest BCUT2D eigenvalue weighted by molar-refractivity contribution is -0.384. The highest BCUT2D eigenvalue weighted by molar-refractivity contribution is 5.59. The van der Waals surface area contributed by atoms with Gasteiger partial charge in [-0.1, -0.05) is 18.2 Å². The first-order chi connectivity index (χ1) is 9.08. The lowest BCUT2D eigenvalue weighted by Gasteiger charge is -2.07. The van der Waals surface area contributed by atoms with Gasteiger partial charge in [0.2, 0.25) is 0 Å². The second kappa shape index (κ2) is 5.34. The number of para-hydroxylation sites is 1. The highest BCUT2D eigenvalue weighted by Gasteiger charge is 2.12. The summed E-state index contributed by atoms with van der Waals surface area (Å²) in [5.74, 6) is -0.380. The minimum atomic E-state index is -0.568. The normalized spacial score (nSPS) is 10.2. The van der Waals surface area contributed by atoms with Crippen molar-refractivity contribution in [1.29, 1.82) is 0 Å². The van der Waals surface area contributed by atoms with Gasteiger partial charge in [-0.15, -0.1) is 0 Å². The first kappa shape index (κ1) is 12.8. The van der Waals surface area contributed by atoms with Gasteiger partial charge in [0.1, 0.15) is 12.3 Å². The molecule has 5 nitrogen and oxygen atoms in total.